The Balaban J connectivity index is 0.00000364. The summed E-state index contributed by atoms with van der Waals surface area (Å²) >= 11 is 0. The molecule has 2 aromatic rings. The van der Waals surface area contributed by atoms with Crippen molar-refractivity contribution in [2.45, 2.75) is 32.4 Å². The van der Waals surface area contributed by atoms with Gasteiger partial charge < -0.3 is 26.8 Å². The molecule has 0 heterocycles. The van der Waals surface area contributed by atoms with E-state index >= 15 is 0 Å². The molecule has 5 heteroatoms. The number of carbonyl (C=O) groups is 1. The zero-order valence-corrected chi connectivity index (χ0v) is 17.3. The smallest absolute Gasteiger partial charge is 0.348 e. The van der Waals surface area contributed by atoms with Crippen LogP contribution in [0.4, 0.5) is 0 Å². The highest BCUT2D eigenvalue weighted by Crippen LogP contribution is 2.34. The van der Waals surface area contributed by atoms with Crippen LogP contribution in [0, 0.1) is 0 Å². The van der Waals surface area contributed by atoms with E-state index in [1.54, 1.807) is 7.11 Å². The topological polar surface area (TPSA) is 40.0 Å². The van der Waals surface area contributed by atoms with Gasteiger partial charge in [0.1, 0.15) is 13.2 Å². The van der Waals surface area contributed by atoms with Gasteiger partial charge in [-0.25, -0.2) is 4.79 Å². The maximum Gasteiger partial charge on any atom is 0.348 e. The Labute approximate surface area is 168 Å². The molecule has 0 spiro atoms. The predicted molar refractivity (Wildman–Crippen MR) is 103 cm³/mol. The SMILES string of the molecule is CC[NH+](CCOC(=O)C(OC)(c1ccccc1)c1ccccc1)C(C)C.[Cl-]. The van der Waals surface area contributed by atoms with Crippen LogP contribution in [0.3, 0.4) is 0 Å². The number of nitrogens with one attached hydrogen (secondary N) is 1. The number of carbonyl (C=O) groups excluding carboxylic acids is 1. The van der Waals surface area contributed by atoms with Gasteiger partial charge in [0.2, 0.25) is 5.60 Å². The van der Waals surface area contributed by atoms with Crippen LogP contribution in [0.2, 0.25) is 0 Å². The highest BCUT2D eigenvalue weighted by Gasteiger charge is 2.44. The second-order valence-corrected chi connectivity index (χ2v) is 6.67. The number of methoxy groups -OCH3 is 1. The summed E-state index contributed by atoms with van der Waals surface area (Å²) in [5.74, 6) is -0.378. The first-order valence-electron chi connectivity index (χ1n) is 9.24. The third-order valence-electron chi connectivity index (χ3n) is 4.88. The van der Waals surface area contributed by atoms with E-state index in [1.807, 2.05) is 60.7 Å². The molecule has 0 bridgehead atoms. The van der Waals surface area contributed by atoms with Gasteiger partial charge in [0, 0.05) is 7.11 Å². The van der Waals surface area contributed by atoms with E-state index in [2.05, 4.69) is 20.8 Å². The Morgan fingerprint density at radius 2 is 1.48 bits per heavy atom. The fraction of sp³-hybridized carbons (Fsp3) is 0.409. The molecule has 0 fully saturated rings. The van der Waals surface area contributed by atoms with Crippen molar-refractivity contribution in [1.29, 1.82) is 0 Å². The molecule has 0 aromatic heterocycles. The lowest BCUT2D eigenvalue weighted by Gasteiger charge is -2.31. The van der Waals surface area contributed by atoms with Crippen LogP contribution in [0.25, 0.3) is 0 Å². The minimum Gasteiger partial charge on any atom is -1.00 e. The molecule has 0 aliphatic rings. The molecule has 2 aromatic carbocycles. The molecule has 0 aliphatic heterocycles. The highest BCUT2D eigenvalue weighted by atomic mass is 35.5. The molecule has 0 radical (unpaired) electrons. The van der Waals surface area contributed by atoms with Crippen LogP contribution >= 0.6 is 0 Å². The normalized spacial score (nSPS) is 12.3. The molecule has 1 N–H and O–H groups in total. The molecular formula is C22H30ClNO3. The number of halogens is 1. The minimum absolute atomic E-state index is 0. The van der Waals surface area contributed by atoms with Gasteiger partial charge in [0.05, 0.1) is 12.6 Å². The number of esters is 1. The van der Waals surface area contributed by atoms with Crippen molar-refractivity contribution in [3.63, 3.8) is 0 Å². The first-order valence-corrected chi connectivity index (χ1v) is 9.24. The van der Waals surface area contributed by atoms with E-state index in [1.165, 1.54) is 4.90 Å². The maximum absolute atomic E-state index is 13.2. The van der Waals surface area contributed by atoms with Crippen LogP contribution < -0.4 is 17.3 Å². The lowest BCUT2D eigenvalue weighted by Crippen LogP contribution is -3.15. The standard InChI is InChI=1S/C22H29NO3.ClH/c1-5-23(18(2)3)16-17-26-21(24)22(25-4,19-12-8-6-9-13-19)20-14-10-7-11-15-20;/h6-15,18H,5,16-17H2,1-4H3;1H. The van der Waals surface area contributed by atoms with Crippen LogP contribution in [0.5, 0.6) is 0 Å². The summed E-state index contributed by atoms with van der Waals surface area (Å²) in [5, 5.41) is 0. The fourth-order valence-corrected chi connectivity index (χ4v) is 3.32. The second-order valence-electron chi connectivity index (χ2n) is 6.67. The van der Waals surface area contributed by atoms with Crippen molar-refractivity contribution in [3.8, 4) is 0 Å². The summed E-state index contributed by atoms with van der Waals surface area (Å²) in [6.45, 7) is 8.64. The lowest BCUT2D eigenvalue weighted by molar-refractivity contribution is -0.919. The summed E-state index contributed by atoms with van der Waals surface area (Å²) < 4.78 is 11.5. The zero-order chi connectivity index (χ0) is 19.0. The van der Waals surface area contributed by atoms with E-state index < -0.39 is 5.60 Å². The van der Waals surface area contributed by atoms with Crippen molar-refractivity contribution < 1.29 is 31.6 Å². The monoisotopic (exact) mass is 391 g/mol. The van der Waals surface area contributed by atoms with Gasteiger partial charge >= 0.3 is 5.97 Å². The van der Waals surface area contributed by atoms with E-state index in [0.29, 0.717) is 12.6 Å². The van der Waals surface area contributed by atoms with Crippen molar-refractivity contribution in [1.82, 2.24) is 0 Å². The molecule has 27 heavy (non-hydrogen) atoms. The van der Waals surface area contributed by atoms with Crippen LogP contribution in [-0.4, -0.2) is 38.8 Å². The molecular weight excluding hydrogens is 362 g/mol. The quantitative estimate of drug-likeness (QED) is 0.582. The average Bonchev–Trinajstić information content (AvgIpc) is 2.68. The van der Waals surface area contributed by atoms with Gasteiger partial charge in [0.15, 0.2) is 0 Å². The summed E-state index contributed by atoms with van der Waals surface area (Å²) in [5.41, 5.74) is 0.275. The Kier molecular flexibility index (Phi) is 9.50. The maximum atomic E-state index is 13.2. The predicted octanol–water partition coefficient (Wildman–Crippen LogP) is -0.563. The Hall–Kier alpha value is -1.88. The van der Waals surface area contributed by atoms with Crippen molar-refractivity contribution in [3.05, 3.63) is 71.8 Å². The number of ether oxygens (including phenoxy) is 2. The zero-order valence-electron chi connectivity index (χ0n) is 16.6. The van der Waals surface area contributed by atoms with Crippen molar-refractivity contribution in [2.24, 2.45) is 0 Å². The summed E-state index contributed by atoms with van der Waals surface area (Å²) in [6.07, 6.45) is 0. The average molecular weight is 392 g/mol. The van der Waals surface area contributed by atoms with E-state index in [4.69, 9.17) is 9.47 Å². The Bertz CT molecular complexity index is 637. The molecule has 1 atom stereocenters. The van der Waals surface area contributed by atoms with Gasteiger partial charge in [-0.2, -0.15) is 0 Å². The number of quaternary nitrogens is 1. The second kappa shape index (κ2) is 11.1. The summed E-state index contributed by atoms with van der Waals surface area (Å²) in [4.78, 5) is 14.6. The summed E-state index contributed by atoms with van der Waals surface area (Å²) in [7, 11) is 1.55. The van der Waals surface area contributed by atoms with Gasteiger partial charge in [-0.05, 0) is 31.9 Å². The van der Waals surface area contributed by atoms with E-state index in [9.17, 15) is 4.79 Å². The molecule has 0 saturated heterocycles. The molecule has 4 nitrogen and oxygen atoms in total. The fourth-order valence-electron chi connectivity index (χ4n) is 3.32. The molecule has 1 unspecified atom stereocenters. The van der Waals surface area contributed by atoms with Crippen molar-refractivity contribution >= 4 is 5.97 Å². The number of rotatable bonds is 9. The number of benzene rings is 2. The van der Waals surface area contributed by atoms with Gasteiger partial charge in [0.25, 0.3) is 0 Å². The van der Waals surface area contributed by atoms with Crippen LogP contribution in [0.15, 0.2) is 60.7 Å². The third kappa shape index (κ3) is 5.32. The summed E-state index contributed by atoms with van der Waals surface area (Å²) in [6, 6.07) is 19.5. The van der Waals surface area contributed by atoms with Crippen LogP contribution in [0.1, 0.15) is 31.9 Å². The molecule has 0 saturated carbocycles. The largest absolute Gasteiger partial charge is 1.00 e. The minimum atomic E-state index is -1.26. The molecule has 0 amide bonds. The van der Waals surface area contributed by atoms with Crippen molar-refractivity contribution in [2.75, 3.05) is 26.8 Å². The number of likely N-dealkylation sites (N-methyl/N-ethyl adjacent to an activating group) is 1. The Morgan fingerprint density at radius 3 is 1.85 bits per heavy atom. The van der Waals surface area contributed by atoms with Gasteiger partial charge in [-0.3, -0.25) is 0 Å². The first-order chi connectivity index (χ1) is 12.6. The lowest BCUT2D eigenvalue weighted by atomic mass is 9.86. The first kappa shape index (κ1) is 23.2. The number of hydrogen-bond donors (Lipinski definition) is 1. The number of hydrogen-bond acceptors (Lipinski definition) is 3. The van der Waals surface area contributed by atoms with Crippen LogP contribution in [-0.2, 0) is 19.9 Å². The molecule has 0 aliphatic carbocycles. The third-order valence-corrected chi connectivity index (χ3v) is 4.88. The Morgan fingerprint density at radius 1 is 1.00 bits per heavy atom. The molecule has 2 rings (SSSR count). The highest BCUT2D eigenvalue weighted by molar-refractivity contribution is 5.85. The van der Waals surface area contributed by atoms with E-state index in [-0.39, 0.29) is 18.4 Å². The molecule has 148 valence electrons. The van der Waals surface area contributed by atoms with Gasteiger partial charge in [-0.1, -0.05) is 60.7 Å². The van der Waals surface area contributed by atoms with E-state index in [0.717, 1.165) is 24.2 Å². The van der Waals surface area contributed by atoms with Gasteiger partial charge in [-0.15, -0.1) is 0 Å².